The second-order valence-corrected chi connectivity index (χ2v) is 9.75. The predicted molar refractivity (Wildman–Crippen MR) is 111 cm³/mol. The number of rotatable bonds is 6. The van der Waals surface area contributed by atoms with Gasteiger partial charge in [0, 0.05) is 12.1 Å². The van der Waals surface area contributed by atoms with Gasteiger partial charge in [0.25, 0.3) is 5.91 Å². The van der Waals surface area contributed by atoms with Crippen molar-refractivity contribution in [2.75, 3.05) is 17.2 Å². The van der Waals surface area contributed by atoms with Crippen LogP contribution in [-0.4, -0.2) is 32.1 Å². The van der Waals surface area contributed by atoms with E-state index in [1.807, 2.05) is 12.1 Å². The van der Waals surface area contributed by atoms with Crippen LogP contribution < -0.4 is 15.4 Å². The molecule has 0 spiro atoms. The molecular weight excluding hydrogens is 392 g/mol. The third-order valence-electron chi connectivity index (χ3n) is 4.78. The van der Waals surface area contributed by atoms with Gasteiger partial charge in [-0.15, -0.1) is 0 Å². The minimum Gasteiger partial charge on any atom is -0.482 e. The molecule has 1 heterocycles. The summed E-state index contributed by atoms with van der Waals surface area (Å²) in [6.07, 6.45) is -0.186. The zero-order valence-corrected chi connectivity index (χ0v) is 17.4. The summed E-state index contributed by atoms with van der Waals surface area (Å²) in [7, 11) is -3.76. The summed E-state index contributed by atoms with van der Waals surface area (Å²) in [5, 5.41) is 4.39. The smallest absolute Gasteiger partial charge is 0.262 e. The van der Waals surface area contributed by atoms with Gasteiger partial charge in [0.2, 0.25) is 5.91 Å². The summed E-state index contributed by atoms with van der Waals surface area (Å²) >= 11 is 0. The molecule has 0 saturated heterocycles. The first-order valence-corrected chi connectivity index (χ1v) is 10.9. The Kier molecular flexibility index (Phi) is 5.93. The van der Waals surface area contributed by atoms with Gasteiger partial charge in [-0.3, -0.25) is 9.59 Å². The third kappa shape index (κ3) is 4.76. The van der Waals surface area contributed by atoms with E-state index in [2.05, 4.69) is 24.5 Å². The zero-order chi connectivity index (χ0) is 21.2. The Hall–Kier alpha value is -2.87. The molecule has 3 rings (SSSR count). The van der Waals surface area contributed by atoms with Crippen molar-refractivity contribution in [2.24, 2.45) is 0 Å². The molecular formula is C21H24N2O5S. The summed E-state index contributed by atoms with van der Waals surface area (Å²) in [4.78, 5) is 23.8. The van der Waals surface area contributed by atoms with Crippen molar-refractivity contribution >= 4 is 33.0 Å². The van der Waals surface area contributed by atoms with E-state index in [0.717, 1.165) is 5.56 Å². The number of fused-ring (bicyclic) bond motifs is 1. The molecule has 7 nitrogen and oxygen atoms in total. The Morgan fingerprint density at radius 3 is 2.48 bits per heavy atom. The average Bonchev–Trinajstić information content (AvgIpc) is 2.67. The predicted octanol–water partition coefficient (Wildman–Crippen LogP) is 3.33. The highest BCUT2D eigenvalue weighted by Crippen LogP contribution is 2.31. The zero-order valence-electron chi connectivity index (χ0n) is 16.6. The lowest BCUT2D eigenvalue weighted by molar-refractivity contribution is -0.118. The Morgan fingerprint density at radius 1 is 1.14 bits per heavy atom. The molecule has 2 amide bonds. The van der Waals surface area contributed by atoms with E-state index < -0.39 is 15.1 Å². The van der Waals surface area contributed by atoms with Crippen molar-refractivity contribution in [1.82, 2.24) is 0 Å². The van der Waals surface area contributed by atoms with Crippen molar-refractivity contribution in [3.8, 4) is 5.75 Å². The minimum absolute atomic E-state index is 0.0311. The average molecular weight is 416 g/mol. The molecule has 2 N–H and O–H groups in total. The van der Waals surface area contributed by atoms with Crippen LogP contribution in [0.2, 0.25) is 0 Å². The number of amides is 2. The van der Waals surface area contributed by atoms with Gasteiger partial charge >= 0.3 is 0 Å². The van der Waals surface area contributed by atoms with Crippen LogP contribution in [0.3, 0.4) is 0 Å². The number of hydrogen-bond acceptors (Lipinski definition) is 5. The second kappa shape index (κ2) is 8.24. The molecule has 0 fully saturated rings. The summed E-state index contributed by atoms with van der Waals surface area (Å²) in [5.74, 6) is 0.0754. The molecule has 0 aromatic heterocycles. The van der Waals surface area contributed by atoms with Crippen LogP contribution in [0.4, 0.5) is 11.4 Å². The van der Waals surface area contributed by atoms with Crippen LogP contribution in [0, 0.1) is 0 Å². The van der Waals surface area contributed by atoms with Gasteiger partial charge in [-0.2, -0.15) is 0 Å². The fourth-order valence-corrected chi connectivity index (χ4v) is 4.38. The topological polar surface area (TPSA) is 102 Å². The van der Waals surface area contributed by atoms with Crippen LogP contribution in [-0.2, 0) is 19.4 Å². The molecule has 0 bridgehead atoms. The molecule has 0 radical (unpaired) electrons. The van der Waals surface area contributed by atoms with Crippen LogP contribution in [0.15, 0.2) is 47.4 Å². The van der Waals surface area contributed by atoms with Gasteiger partial charge in [0.1, 0.15) is 5.75 Å². The maximum absolute atomic E-state index is 12.9. The van der Waals surface area contributed by atoms with E-state index in [1.165, 1.54) is 25.1 Å². The third-order valence-corrected chi connectivity index (χ3v) is 6.91. The van der Waals surface area contributed by atoms with Gasteiger partial charge < -0.3 is 15.4 Å². The Bertz CT molecular complexity index is 1030. The van der Waals surface area contributed by atoms with E-state index in [-0.39, 0.29) is 29.7 Å². The van der Waals surface area contributed by atoms with Crippen LogP contribution >= 0.6 is 0 Å². The minimum atomic E-state index is -3.76. The number of benzene rings is 2. The Balaban J connectivity index is 1.69. The first-order chi connectivity index (χ1) is 13.7. The lowest BCUT2D eigenvalue weighted by Gasteiger charge is -2.19. The maximum atomic E-state index is 12.9. The molecule has 29 heavy (non-hydrogen) atoms. The van der Waals surface area contributed by atoms with Gasteiger partial charge in [0.05, 0.1) is 15.8 Å². The fraction of sp³-hybridized carbons (Fsp3) is 0.333. The molecule has 0 saturated carbocycles. The fourth-order valence-electron chi connectivity index (χ4n) is 3.01. The summed E-state index contributed by atoms with van der Waals surface area (Å²) in [6, 6.07) is 11.8. The van der Waals surface area contributed by atoms with Gasteiger partial charge in [0.15, 0.2) is 16.4 Å². The molecule has 154 valence electrons. The van der Waals surface area contributed by atoms with E-state index in [4.69, 9.17) is 4.74 Å². The van der Waals surface area contributed by atoms with Crippen molar-refractivity contribution in [3.05, 3.63) is 48.0 Å². The molecule has 8 heteroatoms. The largest absolute Gasteiger partial charge is 0.482 e. The first kappa shape index (κ1) is 20.9. The van der Waals surface area contributed by atoms with Crippen molar-refractivity contribution in [3.63, 3.8) is 0 Å². The number of ether oxygens (including phenoxy) is 1. The maximum Gasteiger partial charge on any atom is 0.262 e. The number of sulfone groups is 1. The van der Waals surface area contributed by atoms with Gasteiger partial charge in [-0.05, 0) is 48.7 Å². The number of hydrogen-bond donors (Lipinski definition) is 2. The van der Waals surface area contributed by atoms with Crippen molar-refractivity contribution in [2.45, 2.75) is 43.3 Å². The molecule has 1 aliphatic heterocycles. The molecule has 2 aromatic carbocycles. The number of anilines is 2. The van der Waals surface area contributed by atoms with E-state index in [1.54, 1.807) is 12.1 Å². The first-order valence-electron chi connectivity index (χ1n) is 9.37. The normalized spacial score (nSPS) is 14.6. The highest BCUT2D eigenvalue weighted by atomic mass is 32.2. The molecule has 0 unspecified atom stereocenters. The van der Waals surface area contributed by atoms with E-state index in [9.17, 15) is 18.0 Å². The Labute approximate surface area is 170 Å². The van der Waals surface area contributed by atoms with Crippen LogP contribution in [0.1, 0.15) is 38.7 Å². The monoisotopic (exact) mass is 416 g/mol. The molecule has 1 atom stereocenters. The number of carbonyl (C=O) groups is 2. The highest BCUT2D eigenvalue weighted by molar-refractivity contribution is 7.92. The summed E-state index contributed by atoms with van der Waals surface area (Å²) < 4.78 is 31.0. The second-order valence-electron chi connectivity index (χ2n) is 7.38. The van der Waals surface area contributed by atoms with Gasteiger partial charge in [-0.25, -0.2) is 8.42 Å². The quantitative estimate of drug-likeness (QED) is 0.752. The molecule has 2 aromatic rings. The highest BCUT2D eigenvalue weighted by Gasteiger charge is 2.28. The molecule has 1 aliphatic rings. The standard InChI is InChI=1S/C21H24N2O5S/c1-13(2)15-4-6-16(7-5-15)22-20(24)10-14(3)29(26,27)17-8-9-19-18(11-17)23-21(25)12-28-19/h4-9,11,13-14H,10,12H2,1-3H3,(H,22,24)(H,23,25)/t14-/m0/s1. The summed E-state index contributed by atoms with van der Waals surface area (Å²) in [5.41, 5.74) is 2.09. The van der Waals surface area contributed by atoms with E-state index in [0.29, 0.717) is 23.0 Å². The van der Waals surface area contributed by atoms with Gasteiger partial charge in [-0.1, -0.05) is 26.0 Å². The molecule has 0 aliphatic carbocycles. The van der Waals surface area contributed by atoms with Crippen LogP contribution in [0.5, 0.6) is 5.75 Å². The van der Waals surface area contributed by atoms with Crippen molar-refractivity contribution in [1.29, 1.82) is 0 Å². The van der Waals surface area contributed by atoms with Crippen LogP contribution in [0.25, 0.3) is 0 Å². The lowest BCUT2D eigenvalue weighted by atomic mass is 10.0. The Morgan fingerprint density at radius 2 is 1.83 bits per heavy atom. The van der Waals surface area contributed by atoms with E-state index >= 15 is 0 Å². The number of nitrogens with one attached hydrogen (secondary N) is 2. The summed E-state index contributed by atoms with van der Waals surface area (Å²) in [6.45, 7) is 5.55. The number of carbonyl (C=O) groups excluding carboxylic acids is 2. The SMILES string of the molecule is CC(C)c1ccc(NC(=O)C[C@H](C)S(=O)(=O)c2ccc3c(c2)NC(=O)CO3)cc1. The van der Waals surface area contributed by atoms with Crippen molar-refractivity contribution < 1.29 is 22.7 Å². The lowest BCUT2D eigenvalue weighted by Crippen LogP contribution is -2.27.